The van der Waals surface area contributed by atoms with E-state index in [-0.39, 0.29) is 29.9 Å². The summed E-state index contributed by atoms with van der Waals surface area (Å²) in [5, 5.41) is 5.13. The standard InChI is InChI=1S/C18H20N4O3S2/c1-11-2-4-14(5-3-11)22-7-12(6-16(22)24)17(25)21-18-20-13(9-27-18)8-26-10-15(19)23/h2-5,9,12H,6-8,10H2,1H3,(H2,19,23)(H,20,21,25). The van der Waals surface area contributed by atoms with Gasteiger partial charge in [-0.05, 0) is 19.1 Å². The van der Waals surface area contributed by atoms with E-state index in [1.807, 2.05) is 36.6 Å². The molecule has 1 aliphatic rings. The number of primary amides is 1. The van der Waals surface area contributed by atoms with Gasteiger partial charge in [0.25, 0.3) is 0 Å². The van der Waals surface area contributed by atoms with E-state index in [2.05, 4.69) is 10.3 Å². The molecule has 3 rings (SSSR count). The fourth-order valence-electron chi connectivity index (χ4n) is 2.75. The van der Waals surface area contributed by atoms with Crippen LogP contribution in [0.5, 0.6) is 0 Å². The van der Waals surface area contributed by atoms with E-state index < -0.39 is 5.92 Å². The van der Waals surface area contributed by atoms with E-state index in [4.69, 9.17) is 5.73 Å². The number of nitrogens with one attached hydrogen (secondary N) is 1. The molecule has 1 unspecified atom stereocenters. The van der Waals surface area contributed by atoms with E-state index in [0.717, 1.165) is 16.9 Å². The number of anilines is 2. The Morgan fingerprint density at radius 3 is 2.81 bits per heavy atom. The fraction of sp³-hybridized carbons (Fsp3) is 0.333. The van der Waals surface area contributed by atoms with Crippen molar-refractivity contribution < 1.29 is 14.4 Å². The number of benzene rings is 1. The van der Waals surface area contributed by atoms with Crippen LogP contribution in [-0.2, 0) is 20.1 Å². The molecule has 0 radical (unpaired) electrons. The minimum atomic E-state index is -0.407. The van der Waals surface area contributed by atoms with Crippen molar-refractivity contribution in [1.29, 1.82) is 0 Å². The maximum absolute atomic E-state index is 12.5. The first-order valence-corrected chi connectivity index (χ1v) is 10.4. The van der Waals surface area contributed by atoms with Crippen molar-refractivity contribution in [3.63, 3.8) is 0 Å². The molecule has 9 heteroatoms. The summed E-state index contributed by atoms with van der Waals surface area (Å²) in [4.78, 5) is 41.6. The lowest BCUT2D eigenvalue weighted by Gasteiger charge is -2.16. The minimum absolute atomic E-state index is 0.0540. The third-order valence-electron chi connectivity index (χ3n) is 4.12. The predicted octanol–water partition coefficient (Wildman–Crippen LogP) is 2.16. The number of amides is 3. The highest BCUT2D eigenvalue weighted by Crippen LogP contribution is 2.27. The Morgan fingerprint density at radius 1 is 1.37 bits per heavy atom. The molecule has 7 nitrogen and oxygen atoms in total. The number of hydrogen-bond donors (Lipinski definition) is 2. The number of nitrogens with zero attached hydrogens (tertiary/aromatic N) is 2. The SMILES string of the molecule is Cc1ccc(N2CC(C(=O)Nc3nc(CSCC(N)=O)cs3)CC2=O)cc1. The van der Waals surface area contributed by atoms with E-state index >= 15 is 0 Å². The quantitative estimate of drug-likeness (QED) is 0.736. The number of nitrogens with two attached hydrogens (primary N) is 1. The average Bonchev–Trinajstić information content (AvgIpc) is 3.22. The molecule has 2 heterocycles. The molecule has 1 aliphatic heterocycles. The van der Waals surface area contributed by atoms with Crippen LogP contribution < -0.4 is 16.0 Å². The van der Waals surface area contributed by atoms with Crippen LogP contribution in [0.2, 0.25) is 0 Å². The first-order valence-electron chi connectivity index (χ1n) is 8.40. The molecule has 1 fully saturated rings. The van der Waals surface area contributed by atoms with Crippen molar-refractivity contribution in [2.45, 2.75) is 19.1 Å². The van der Waals surface area contributed by atoms with Crippen molar-refractivity contribution in [2.75, 3.05) is 22.5 Å². The fourth-order valence-corrected chi connectivity index (χ4v) is 4.23. The van der Waals surface area contributed by atoms with Crippen LogP contribution in [0.1, 0.15) is 17.7 Å². The molecule has 27 heavy (non-hydrogen) atoms. The van der Waals surface area contributed by atoms with Gasteiger partial charge in [0.05, 0.1) is 17.4 Å². The van der Waals surface area contributed by atoms with Gasteiger partial charge in [-0.2, -0.15) is 0 Å². The molecule has 0 bridgehead atoms. The second-order valence-electron chi connectivity index (χ2n) is 6.33. The zero-order valence-corrected chi connectivity index (χ0v) is 16.4. The van der Waals surface area contributed by atoms with Crippen molar-refractivity contribution in [1.82, 2.24) is 4.98 Å². The Bertz CT molecular complexity index is 851. The monoisotopic (exact) mass is 404 g/mol. The first kappa shape index (κ1) is 19.4. The maximum Gasteiger partial charge on any atom is 0.231 e. The van der Waals surface area contributed by atoms with Crippen LogP contribution in [0.15, 0.2) is 29.6 Å². The van der Waals surface area contributed by atoms with Gasteiger partial charge in [-0.15, -0.1) is 23.1 Å². The highest BCUT2D eigenvalue weighted by molar-refractivity contribution is 7.99. The van der Waals surface area contributed by atoms with Gasteiger partial charge in [0.2, 0.25) is 17.7 Å². The van der Waals surface area contributed by atoms with Gasteiger partial charge in [-0.1, -0.05) is 17.7 Å². The highest BCUT2D eigenvalue weighted by atomic mass is 32.2. The van der Waals surface area contributed by atoms with Crippen molar-refractivity contribution in [3.05, 3.63) is 40.9 Å². The normalized spacial score (nSPS) is 16.6. The van der Waals surface area contributed by atoms with Gasteiger partial charge < -0.3 is 16.0 Å². The molecule has 142 valence electrons. The van der Waals surface area contributed by atoms with Gasteiger partial charge in [0, 0.05) is 29.8 Å². The highest BCUT2D eigenvalue weighted by Gasteiger charge is 2.35. The lowest BCUT2D eigenvalue weighted by atomic mass is 10.1. The molecule has 1 aromatic carbocycles. The molecular formula is C18H20N4O3S2. The summed E-state index contributed by atoms with van der Waals surface area (Å²) >= 11 is 2.70. The van der Waals surface area contributed by atoms with Gasteiger partial charge >= 0.3 is 0 Å². The zero-order valence-electron chi connectivity index (χ0n) is 14.8. The number of carbonyl (C=O) groups is 3. The average molecular weight is 405 g/mol. The third kappa shape index (κ3) is 5.08. The van der Waals surface area contributed by atoms with Crippen LogP contribution in [0, 0.1) is 12.8 Å². The molecule has 1 atom stereocenters. The van der Waals surface area contributed by atoms with Crippen LogP contribution in [0.3, 0.4) is 0 Å². The first-order chi connectivity index (χ1) is 12.9. The topological polar surface area (TPSA) is 105 Å². The van der Waals surface area contributed by atoms with Crippen LogP contribution in [-0.4, -0.2) is 35.0 Å². The summed E-state index contributed by atoms with van der Waals surface area (Å²) in [7, 11) is 0. The third-order valence-corrected chi connectivity index (χ3v) is 5.91. The van der Waals surface area contributed by atoms with Gasteiger partial charge in [0.1, 0.15) is 0 Å². The lowest BCUT2D eigenvalue weighted by Crippen LogP contribution is -2.28. The number of rotatable bonds is 7. The number of hydrogen-bond acceptors (Lipinski definition) is 6. The van der Waals surface area contributed by atoms with Crippen molar-refractivity contribution >= 4 is 51.6 Å². The van der Waals surface area contributed by atoms with Crippen LogP contribution in [0.4, 0.5) is 10.8 Å². The van der Waals surface area contributed by atoms with Crippen LogP contribution >= 0.6 is 23.1 Å². The van der Waals surface area contributed by atoms with Crippen molar-refractivity contribution in [2.24, 2.45) is 11.7 Å². The molecule has 0 aliphatic carbocycles. The number of aromatic nitrogens is 1. The summed E-state index contributed by atoms with van der Waals surface area (Å²) in [5.74, 6) is -0.245. The largest absolute Gasteiger partial charge is 0.369 e. The molecule has 3 N–H and O–H groups in total. The Hall–Kier alpha value is -2.39. The van der Waals surface area contributed by atoms with E-state index in [1.165, 1.54) is 23.1 Å². The summed E-state index contributed by atoms with van der Waals surface area (Å²) < 4.78 is 0. The molecule has 0 spiro atoms. The van der Waals surface area contributed by atoms with Gasteiger partial charge in [-0.3, -0.25) is 14.4 Å². The summed E-state index contributed by atoms with van der Waals surface area (Å²) in [6, 6.07) is 7.68. The summed E-state index contributed by atoms with van der Waals surface area (Å²) in [5.41, 5.74) is 7.81. The van der Waals surface area contributed by atoms with Gasteiger partial charge in [-0.25, -0.2) is 4.98 Å². The van der Waals surface area contributed by atoms with Crippen LogP contribution in [0.25, 0.3) is 0 Å². The molecular weight excluding hydrogens is 384 g/mol. The molecule has 3 amide bonds. The minimum Gasteiger partial charge on any atom is -0.369 e. The van der Waals surface area contributed by atoms with Crippen molar-refractivity contribution in [3.8, 4) is 0 Å². The van der Waals surface area contributed by atoms with Gasteiger partial charge in [0.15, 0.2) is 5.13 Å². The number of thiazole rings is 1. The molecule has 0 saturated carbocycles. The molecule has 1 saturated heterocycles. The molecule has 1 aromatic heterocycles. The molecule has 2 aromatic rings. The Kier molecular flexibility index (Phi) is 6.12. The zero-order chi connectivity index (χ0) is 19.4. The Morgan fingerprint density at radius 2 is 2.11 bits per heavy atom. The number of thioether (sulfide) groups is 1. The maximum atomic E-state index is 12.5. The number of aryl methyl sites for hydroxylation is 1. The second kappa shape index (κ2) is 8.53. The summed E-state index contributed by atoms with van der Waals surface area (Å²) in [6.45, 7) is 2.35. The Balaban J connectivity index is 1.56. The smallest absolute Gasteiger partial charge is 0.231 e. The number of carbonyl (C=O) groups excluding carboxylic acids is 3. The van der Waals surface area contributed by atoms with E-state index in [9.17, 15) is 14.4 Å². The van der Waals surface area contributed by atoms with E-state index in [0.29, 0.717) is 17.4 Å². The summed E-state index contributed by atoms with van der Waals surface area (Å²) in [6.07, 6.45) is 0.187. The Labute approximate surface area is 165 Å². The lowest BCUT2D eigenvalue weighted by molar-refractivity contribution is -0.122. The predicted molar refractivity (Wildman–Crippen MR) is 108 cm³/mol. The van der Waals surface area contributed by atoms with E-state index in [1.54, 1.807) is 4.90 Å². The second-order valence-corrected chi connectivity index (χ2v) is 8.18.